The molecule has 0 saturated carbocycles. The van der Waals surface area contributed by atoms with E-state index >= 15 is 0 Å². The number of hydrogen-bond donors (Lipinski definition) is 1. The van der Waals surface area contributed by atoms with Crippen LogP contribution in [0.3, 0.4) is 0 Å². The number of halogens is 2. The first-order valence-electron chi connectivity index (χ1n) is 5.72. The maximum Gasteiger partial charge on any atom is 0.190 e. The van der Waals surface area contributed by atoms with Crippen molar-refractivity contribution >= 4 is 11.3 Å². The lowest BCUT2D eigenvalue weighted by Gasteiger charge is -2.09. The lowest BCUT2D eigenvalue weighted by molar-refractivity contribution is 0.273. The standard InChI is InChI=1S/C13H13F2NO2S/c1-8-12(19-7-16-8)2-3-18-13-10(14)4-9(6-17)5-11(13)15/h4-5,7,17H,2-3,6H2,1H3. The van der Waals surface area contributed by atoms with Gasteiger partial charge in [0, 0.05) is 11.3 Å². The Hall–Kier alpha value is -1.53. The molecule has 0 bridgehead atoms. The van der Waals surface area contributed by atoms with Gasteiger partial charge in [0.25, 0.3) is 0 Å². The average Bonchev–Trinajstić information content (AvgIpc) is 2.78. The van der Waals surface area contributed by atoms with E-state index in [9.17, 15) is 8.78 Å². The number of hydrogen-bond acceptors (Lipinski definition) is 4. The van der Waals surface area contributed by atoms with Gasteiger partial charge in [0.1, 0.15) is 0 Å². The highest BCUT2D eigenvalue weighted by atomic mass is 32.1. The molecule has 0 aliphatic carbocycles. The normalized spacial score (nSPS) is 10.7. The fourth-order valence-corrected chi connectivity index (χ4v) is 2.42. The van der Waals surface area contributed by atoms with Crippen LogP contribution >= 0.6 is 11.3 Å². The van der Waals surface area contributed by atoms with Crippen molar-refractivity contribution in [1.29, 1.82) is 0 Å². The Kier molecular flexibility index (Phi) is 4.44. The summed E-state index contributed by atoms with van der Waals surface area (Å²) in [6.07, 6.45) is 0.553. The van der Waals surface area contributed by atoms with Crippen LogP contribution in [0.4, 0.5) is 8.78 Å². The minimum absolute atomic E-state index is 0.176. The zero-order valence-corrected chi connectivity index (χ0v) is 11.1. The van der Waals surface area contributed by atoms with Crippen LogP contribution in [0.25, 0.3) is 0 Å². The summed E-state index contributed by atoms with van der Waals surface area (Å²) in [7, 11) is 0. The Balaban J connectivity index is 2.02. The molecule has 1 N–H and O–H groups in total. The predicted octanol–water partition coefficient (Wildman–Crippen LogP) is 2.84. The zero-order chi connectivity index (χ0) is 13.8. The van der Waals surface area contributed by atoms with Gasteiger partial charge in [-0.25, -0.2) is 13.8 Å². The summed E-state index contributed by atoms with van der Waals surface area (Å²) in [6, 6.07) is 2.13. The van der Waals surface area contributed by atoms with Gasteiger partial charge in [-0.15, -0.1) is 11.3 Å². The molecular formula is C13H13F2NO2S. The van der Waals surface area contributed by atoms with E-state index in [0.29, 0.717) is 6.42 Å². The van der Waals surface area contributed by atoms with Crippen molar-refractivity contribution in [3.8, 4) is 5.75 Å². The molecule has 0 amide bonds. The quantitative estimate of drug-likeness (QED) is 0.918. The molecule has 2 rings (SSSR count). The third-order valence-corrected chi connectivity index (χ3v) is 3.66. The van der Waals surface area contributed by atoms with Crippen molar-refractivity contribution < 1.29 is 18.6 Å². The predicted molar refractivity (Wildman–Crippen MR) is 68.3 cm³/mol. The topological polar surface area (TPSA) is 42.4 Å². The summed E-state index contributed by atoms with van der Waals surface area (Å²) in [5.41, 5.74) is 2.81. The van der Waals surface area contributed by atoms with E-state index in [4.69, 9.17) is 9.84 Å². The SMILES string of the molecule is Cc1ncsc1CCOc1c(F)cc(CO)cc1F. The van der Waals surface area contributed by atoms with Crippen LogP contribution in [0.15, 0.2) is 17.6 Å². The smallest absolute Gasteiger partial charge is 0.190 e. The van der Waals surface area contributed by atoms with E-state index < -0.39 is 24.0 Å². The maximum absolute atomic E-state index is 13.6. The van der Waals surface area contributed by atoms with Gasteiger partial charge >= 0.3 is 0 Å². The molecule has 0 radical (unpaired) electrons. The molecule has 0 aliphatic heterocycles. The Bertz CT molecular complexity index is 549. The number of aromatic nitrogens is 1. The van der Waals surface area contributed by atoms with Crippen molar-refractivity contribution in [2.24, 2.45) is 0 Å². The fourth-order valence-electron chi connectivity index (χ4n) is 1.65. The molecule has 1 heterocycles. The Morgan fingerprint density at radius 2 is 2.00 bits per heavy atom. The minimum Gasteiger partial charge on any atom is -0.487 e. The molecule has 1 aromatic heterocycles. The van der Waals surface area contributed by atoms with E-state index in [-0.39, 0.29) is 12.2 Å². The van der Waals surface area contributed by atoms with Gasteiger partial charge in [0.15, 0.2) is 17.4 Å². The Morgan fingerprint density at radius 1 is 1.32 bits per heavy atom. The van der Waals surface area contributed by atoms with Crippen molar-refractivity contribution in [2.75, 3.05) is 6.61 Å². The summed E-state index contributed by atoms with van der Waals surface area (Å²) in [4.78, 5) is 5.12. The number of nitrogens with zero attached hydrogens (tertiary/aromatic N) is 1. The summed E-state index contributed by atoms with van der Waals surface area (Å²) in [5, 5.41) is 8.83. The molecule has 0 atom stereocenters. The maximum atomic E-state index is 13.6. The Morgan fingerprint density at radius 3 is 2.53 bits per heavy atom. The van der Waals surface area contributed by atoms with Crippen LogP contribution in [0.2, 0.25) is 0 Å². The highest BCUT2D eigenvalue weighted by Crippen LogP contribution is 2.24. The van der Waals surface area contributed by atoms with E-state index in [1.807, 2.05) is 6.92 Å². The second-order valence-corrected chi connectivity index (χ2v) is 4.95. The Labute approximate surface area is 113 Å². The molecule has 102 valence electrons. The van der Waals surface area contributed by atoms with E-state index in [1.54, 1.807) is 5.51 Å². The van der Waals surface area contributed by atoms with Gasteiger partial charge in [0.05, 0.1) is 24.4 Å². The molecule has 0 unspecified atom stereocenters. The van der Waals surface area contributed by atoms with Crippen LogP contribution < -0.4 is 4.74 Å². The lowest BCUT2D eigenvalue weighted by Crippen LogP contribution is -2.05. The summed E-state index contributed by atoms with van der Waals surface area (Å²) >= 11 is 1.49. The first-order valence-corrected chi connectivity index (χ1v) is 6.60. The van der Waals surface area contributed by atoms with Gasteiger partial charge in [-0.2, -0.15) is 0 Å². The molecule has 2 aromatic rings. The minimum atomic E-state index is -0.801. The van der Waals surface area contributed by atoms with Crippen molar-refractivity contribution in [3.63, 3.8) is 0 Å². The molecule has 1 aromatic carbocycles. The van der Waals surface area contributed by atoms with Gasteiger partial charge in [-0.05, 0) is 24.6 Å². The summed E-state index contributed by atoms with van der Waals surface area (Å²) in [5.74, 6) is -2.01. The van der Waals surface area contributed by atoms with E-state index in [1.165, 1.54) is 11.3 Å². The van der Waals surface area contributed by atoms with Crippen LogP contribution in [0, 0.1) is 18.6 Å². The first-order chi connectivity index (χ1) is 9.11. The van der Waals surface area contributed by atoms with Gasteiger partial charge in [-0.1, -0.05) is 0 Å². The van der Waals surface area contributed by atoms with Crippen molar-refractivity contribution in [3.05, 3.63) is 45.4 Å². The third kappa shape index (κ3) is 3.27. The zero-order valence-electron chi connectivity index (χ0n) is 10.3. The second kappa shape index (κ2) is 6.08. The van der Waals surface area contributed by atoms with E-state index in [0.717, 1.165) is 22.7 Å². The van der Waals surface area contributed by atoms with Crippen LogP contribution in [0.5, 0.6) is 5.75 Å². The molecule has 0 aliphatic rings. The number of benzene rings is 1. The van der Waals surface area contributed by atoms with Gasteiger partial charge < -0.3 is 9.84 Å². The number of thiazole rings is 1. The molecule has 0 saturated heterocycles. The number of aliphatic hydroxyl groups excluding tert-OH is 1. The monoisotopic (exact) mass is 285 g/mol. The molecule has 0 spiro atoms. The largest absolute Gasteiger partial charge is 0.487 e. The molecule has 19 heavy (non-hydrogen) atoms. The molecular weight excluding hydrogens is 272 g/mol. The number of rotatable bonds is 5. The molecule has 3 nitrogen and oxygen atoms in total. The van der Waals surface area contributed by atoms with E-state index in [2.05, 4.69) is 4.98 Å². The first kappa shape index (κ1) is 13.9. The van der Waals surface area contributed by atoms with Gasteiger partial charge in [-0.3, -0.25) is 0 Å². The van der Waals surface area contributed by atoms with Crippen LogP contribution in [0.1, 0.15) is 16.1 Å². The third-order valence-electron chi connectivity index (χ3n) is 2.66. The van der Waals surface area contributed by atoms with Crippen LogP contribution in [-0.2, 0) is 13.0 Å². The second-order valence-electron chi connectivity index (χ2n) is 4.01. The molecule has 0 fully saturated rings. The highest BCUT2D eigenvalue weighted by molar-refractivity contribution is 7.09. The fraction of sp³-hybridized carbons (Fsp3) is 0.308. The molecule has 6 heteroatoms. The number of aliphatic hydroxyl groups is 1. The number of ether oxygens (including phenoxy) is 1. The van der Waals surface area contributed by atoms with Crippen molar-refractivity contribution in [1.82, 2.24) is 4.98 Å². The summed E-state index contributed by atoms with van der Waals surface area (Å²) in [6.45, 7) is 1.65. The lowest BCUT2D eigenvalue weighted by atomic mass is 10.2. The number of aryl methyl sites for hydroxylation is 1. The highest BCUT2D eigenvalue weighted by Gasteiger charge is 2.13. The van der Waals surface area contributed by atoms with Crippen molar-refractivity contribution in [2.45, 2.75) is 20.0 Å². The van der Waals surface area contributed by atoms with Gasteiger partial charge in [0.2, 0.25) is 0 Å². The van der Waals surface area contributed by atoms with Crippen LogP contribution in [-0.4, -0.2) is 16.7 Å². The average molecular weight is 285 g/mol. The summed E-state index contributed by atoms with van der Waals surface area (Å²) < 4.78 is 32.3.